The van der Waals surface area contributed by atoms with Crippen molar-refractivity contribution in [3.8, 4) is 0 Å². The van der Waals surface area contributed by atoms with E-state index < -0.39 is 4.92 Å². The third kappa shape index (κ3) is 1.61. The van der Waals surface area contributed by atoms with E-state index in [4.69, 9.17) is 5.11 Å². The van der Waals surface area contributed by atoms with Crippen molar-refractivity contribution in [1.82, 2.24) is 9.78 Å². The van der Waals surface area contributed by atoms with Crippen LogP contribution in [0.3, 0.4) is 0 Å². The van der Waals surface area contributed by atoms with E-state index in [0.717, 1.165) is 12.8 Å². The van der Waals surface area contributed by atoms with E-state index >= 15 is 0 Å². The van der Waals surface area contributed by atoms with Gasteiger partial charge in [0.1, 0.15) is 11.9 Å². The molecule has 6 heteroatoms. The highest BCUT2D eigenvalue weighted by atomic mass is 16.6. The third-order valence-electron chi connectivity index (χ3n) is 3.03. The maximum Gasteiger partial charge on any atom is 0.309 e. The minimum absolute atomic E-state index is 0.0717. The summed E-state index contributed by atoms with van der Waals surface area (Å²) in [5, 5.41) is 23.5. The van der Waals surface area contributed by atoms with Crippen molar-refractivity contribution in [1.29, 1.82) is 0 Å². The van der Waals surface area contributed by atoms with Gasteiger partial charge in [-0.15, -0.1) is 0 Å². The van der Waals surface area contributed by atoms with Crippen molar-refractivity contribution >= 4 is 5.69 Å². The first-order valence-corrected chi connectivity index (χ1v) is 4.92. The molecule has 1 aliphatic rings. The summed E-state index contributed by atoms with van der Waals surface area (Å²) in [6.07, 6.45) is 3.01. The van der Waals surface area contributed by atoms with Gasteiger partial charge in [0.15, 0.2) is 0 Å². The van der Waals surface area contributed by atoms with Crippen LogP contribution >= 0.6 is 0 Å². The van der Waals surface area contributed by atoms with Gasteiger partial charge in [-0.1, -0.05) is 0 Å². The predicted octanol–water partition coefficient (Wildman–Crippen LogP) is 1.04. The minimum Gasteiger partial charge on any atom is -0.396 e. The van der Waals surface area contributed by atoms with E-state index in [1.54, 1.807) is 11.6 Å². The minimum atomic E-state index is -0.416. The summed E-state index contributed by atoms with van der Waals surface area (Å²) in [7, 11) is 0. The van der Waals surface area contributed by atoms with Crippen molar-refractivity contribution in [2.75, 3.05) is 6.61 Å². The standard InChI is InChI=1S/C9H13N3O3/c1-6-9(12(14)15)4-10-11(6)8-2-7(3-8)5-13/h4,7-8,13H,2-3,5H2,1H3/t7-,8-. The van der Waals surface area contributed by atoms with Crippen LogP contribution < -0.4 is 0 Å². The van der Waals surface area contributed by atoms with Gasteiger partial charge in [-0.25, -0.2) is 0 Å². The Labute approximate surface area is 86.7 Å². The van der Waals surface area contributed by atoms with Crippen molar-refractivity contribution in [3.05, 3.63) is 22.0 Å². The maximum absolute atomic E-state index is 10.6. The molecule has 6 nitrogen and oxygen atoms in total. The molecule has 1 aromatic heterocycles. The van der Waals surface area contributed by atoms with Crippen molar-refractivity contribution in [2.45, 2.75) is 25.8 Å². The maximum atomic E-state index is 10.6. The molecule has 2 rings (SSSR count). The summed E-state index contributed by atoms with van der Waals surface area (Å²) in [4.78, 5) is 10.2. The monoisotopic (exact) mass is 211 g/mol. The molecule has 1 heterocycles. The Morgan fingerprint density at radius 2 is 2.40 bits per heavy atom. The Balaban J connectivity index is 2.14. The largest absolute Gasteiger partial charge is 0.396 e. The van der Waals surface area contributed by atoms with Crippen LogP contribution in [-0.4, -0.2) is 26.4 Å². The molecule has 15 heavy (non-hydrogen) atoms. The fourth-order valence-corrected chi connectivity index (χ4v) is 2.01. The van der Waals surface area contributed by atoms with Gasteiger partial charge in [0, 0.05) is 6.61 Å². The normalized spacial score (nSPS) is 24.9. The number of hydrogen-bond acceptors (Lipinski definition) is 4. The lowest BCUT2D eigenvalue weighted by Crippen LogP contribution is -2.30. The second-order valence-corrected chi connectivity index (χ2v) is 3.99. The van der Waals surface area contributed by atoms with Crippen molar-refractivity contribution in [3.63, 3.8) is 0 Å². The number of aliphatic hydroxyl groups excluding tert-OH is 1. The van der Waals surface area contributed by atoms with Crippen LogP contribution in [0.2, 0.25) is 0 Å². The van der Waals surface area contributed by atoms with Crippen molar-refractivity contribution < 1.29 is 10.0 Å². The zero-order valence-electron chi connectivity index (χ0n) is 8.46. The quantitative estimate of drug-likeness (QED) is 0.598. The van der Waals surface area contributed by atoms with E-state index in [0.29, 0.717) is 11.6 Å². The van der Waals surface area contributed by atoms with Crippen LogP contribution in [0, 0.1) is 23.0 Å². The smallest absolute Gasteiger partial charge is 0.309 e. The zero-order valence-corrected chi connectivity index (χ0v) is 8.46. The molecule has 1 fully saturated rings. The Bertz CT molecular complexity index is 382. The molecule has 0 unspecified atom stereocenters. The predicted molar refractivity (Wildman–Crippen MR) is 52.5 cm³/mol. The first kappa shape index (κ1) is 10.1. The second kappa shape index (κ2) is 3.62. The summed E-state index contributed by atoms with van der Waals surface area (Å²) in [5.41, 5.74) is 0.670. The SMILES string of the molecule is Cc1c([N+](=O)[O-])cnn1[C@H]1C[C@H](CO)C1. The Morgan fingerprint density at radius 1 is 1.73 bits per heavy atom. The highest BCUT2D eigenvalue weighted by molar-refractivity contribution is 5.32. The van der Waals surface area contributed by atoms with Gasteiger partial charge in [0.05, 0.1) is 11.0 Å². The molecule has 0 radical (unpaired) electrons. The molecule has 0 amide bonds. The molecular weight excluding hydrogens is 198 g/mol. The number of rotatable bonds is 3. The van der Waals surface area contributed by atoms with Gasteiger partial charge in [-0.05, 0) is 25.7 Å². The highest BCUT2D eigenvalue weighted by Crippen LogP contribution is 2.38. The summed E-state index contributed by atoms with van der Waals surface area (Å²) in [6, 6.07) is 0.218. The third-order valence-corrected chi connectivity index (χ3v) is 3.03. The van der Waals surface area contributed by atoms with Gasteiger partial charge in [-0.3, -0.25) is 14.8 Å². The van der Waals surface area contributed by atoms with Gasteiger partial charge in [0.2, 0.25) is 0 Å². The van der Waals surface area contributed by atoms with Crippen LogP contribution in [0.4, 0.5) is 5.69 Å². The highest BCUT2D eigenvalue weighted by Gasteiger charge is 2.33. The van der Waals surface area contributed by atoms with Gasteiger partial charge < -0.3 is 5.11 Å². The Kier molecular flexibility index (Phi) is 2.44. The number of nitrogens with zero attached hydrogens (tertiary/aromatic N) is 3. The van der Waals surface area contributed by atoms with E-state index in [1.807, 2.05) is 0 Å². The van der Waals surface area contributed by atoms with Gasteiger partial charge in [0.25, 0.3) is 0 Å². The fraction of sp³-hybridized carbons (Fsp3) is 0.667. The van der Waals surface area contributed by atoms with Gasteiger partial charge >= 0.3 is 5.69 Å². The van der Waals surface area contributed by atoms with Crippen LogP contribution in [0.25, 0.3) is 0 Å². The lowest BCUT2D eigenvalue weighted by Gasteiger charge is -2.34. The average molecular weight is 211 g/mol. The van der Waals surface area contributed by atoms with E-state index in [-0.39, 0.29) is 18.3 Å². The van der Waals surface area contributed by atoms with Crippen molar-refractivity contribution in [2.24, 2.45) is 5.92 Å². The molecule has 1 aromatic rings. The molecular formula is C9H13N3O3. The van der Waals surface area contributed by atoms with Crippen LogP contribution in [0.15, 0.2) is 6.20 Å². The topological polar surface area (TPSA) is 81.2 Å². The lowest BCUT2D eigenvalue weighted by molar-refractivity contribution is -0.385. The first-order valence-electron chi connectivity index (χ1n) is 4.92. The number of aliphatic hydroxyl groups is 1. The number of hydrogen-bond donors (Lipinski definition) is 1. The summed E-state index contributed by atoms with van der Waals surface area (Å²) in [6.45, 7) is 1.90. The van der Waals surface area contributed by atoms with Gasteiger partial charge in [-0.2, -0.15) is 5.10 Å². The molecule has 0 aromatic carbocycles. The molecule has 1 saturated carbocycles. The molecule has 0 aliphatic heterocycles. The molecule has 82 valence electrons. The summed E-state index contributed by atoms with van der Waals surface area (Å²) in [5.74, 6) is 0.331. The Hall–Kier alpha value is -1.43. The number of aromatic nitrogens is 2. The lowest BCUT2D eigenvalue weighted by atomic mass is 9.81. The number of nitro groups is 1. The average Bonchev–Trinajstić information content (AvgIpc) is 2.46. The second-order valence-electron chi connectivity index (χ2n) is 3.99. The summed E-state index contributed by atoms with van der Waals surface area (Å²) >= 11 is 0. The molecule has 0 bridgehead atoms. The zero-order chi connectivity index (χ0) is 11.0. The van der Waals surface area contributed by atoms with Crippen LogP contribution in [0.5, 0.6) is 0 Å². The van der Waals surface area contributed by atoms with E-state index in [2.05, 4.69) is 5.10 Å². The van der Waals surface area contributed by atoms with E-state index in [9.17, 15) is 10.1 Å². The molecule has 0 saturated heterocycles. The van der Waals surface area contributed by atoms with E-state index in [1.165, 1.54) is 6.20 Å². The Morgan fingerprint density at radius 3 is 2.87 bits per heavy atom. The molecule has 1 aliphatic carbocycles. The van der Waals surface area contributed by atoms with Crippen LogP contribution in [-0.2, 0) is 0 Å². The molecule has 0 spiro atoms. The van der Waals surface area contributed by atoms with Crippen LogP contribution in [0.1, 0.15) is 24.6 Å². The fourth-order valence-electron chi connectivity index (χ4n) is 2.01. The molecule has 1 N–H and O–H groups in total. The first-order chi connectivity index (χ1) is 7.13. The summed E-state index contributed by atoms with van der Waals surface area (Å²) < 4.78 is 1.70. The molecule has 0 atom stereocenters.